The van der Waals surface area contributed by atoms with E-state index >= 15 is 0 Å². The number of hydrogen-bond acceptors (Lipinski definition) is 5. The molecule has 0 fully saturated rings. The number of aromatic nitrogens is 2. The Morgan fingerprint density at radius 2 is 1.95 bits per heavy atom. The SMILES string of the molecule is O=[N+]([O-])c1cccnc1Nc1cnc2ccccc2c1. The van der Waals surface area contributed by atoms with E-state index in [1.165, 1.54) is 18.3 Å². The van der Waals surface area contributed by atoms with Crippen LogP contribution in [0.2, 0.25) is 0 Å². The number of pyridine rings is 2. The molecule has 0 saturated carbocycles. The molecular formula is C14H10N4O2. The van der Waals surface area contributed by atoms with Gasteiger partial charge >= 0.3 is 5.69 Å². The Kier molecular flexibility index (Phi) is 2.96. The van der Waals surface area contributed by atoms with Gasteiger partial charge in [0.25, 0.3) is 0 Å². The molecule has 3 aromatic rings. The number of nitrogens with one attached hydrogen (secondary N) is 1. The summed E-state index contributed by atoms with van der Waals surface area (Å²) in [6.45, 7) is 0. The van der Waals surface area contributed by atoms with E-state index in [0.717, 1.165) is 10.9 Å². The molecule has 1 aromatic carbocycles. The number of rotatable bonds is 3. The fourth-order valence-electron chi connectivity index (χ4n) is 1.92. The van der Waals surface area contributed by atoms with Crippen LogP contribution in [0.15, 0.2) is 54.9 Å². The highest BCUT2D eigenvalue weighted by Gasteiger charge is 2.14. The third-order valence-corrected chi connectivity index (χ3v) is 2.84. The van der Waals surface area contributed by atoms with Crippen molar-refractivity contribution in [1.29, 1.82) is 0 Å². The second-order valence-corrected chi connectivity index (χ2v) is 4.17. The molecule has 0 aliphatic heterocycles. The molecular weight excluding hydrogens is 256 g/mol. The summed E-state index contributed by atoms with van der Waals surface area (Å²) in [5, 5.41) is 14.8. The van der Waals surface area contributed by atoms with E-state index in [2.05, 4.69) is 15.3 Å². The van der Waals surface area contributed by atoms with Gasteiger partial charge in [0.1, 0.15) is 0 Å². The smallest absolute Gasteiger partial charge is 0.311 e. The molecule has 0 spiro atoms. The van der Waals surface area contributed by atoms with Gasteiger partial charge in [-0.2, -0.15) is 0 Å². The zero-order valence-electron chi connectivity index (χ0n) is 10.4. The van der Waals surface area contributed by atoms with E-state index in [-0.39, 0.29) is 11.5 Å². The van der Waals surface area contributed by atoms with Gasteiger partial charge in [-0.05, 0) is 18.2 Å². The maximum atomic E-state index is 10.9. The topological polar surface area (TPSA) is 81.0 Å². The summed E-state index contributed by atoms with van der Waals surface area (Å²) in [7, 11) is 0. The normalized spacial score (nSPS) is 10.4. The van der Waals surface area contributed by atoms with Crippen molar-refractivity contribution in [3.05, 3.63) is 65.0 Å². The fraction of sp³-hybridized carbons (Fsp3) is 0. The van der Waals surface area contributed by atoms with Crippen LogP contribution < -0.4 is 5.32 Å². The van der Waals surface area contributed by atoms with Gasteiger partial charge in [0.2, 0.25) is 5.82 Å². The summed E-state index contributed by atoms with van der Waals surface area (Å²) in [6, 6.07) is 12.5. The number of para-hydroxylation sites is 1. The molecule has 0 atom stereocenters. The largest absolute Gasteiger partial charge is 0.333 e. The number of fused-ring (bicyclic) bond motifs is 1. The van der Waals surface area contributed by atoms with Crippen LogP contribution in [-0.4, -0.2) is 14.9 Å². The molecule has 0 aliphatic carbocycles. The van der Waals surface area contributed by atoms with Crippen molar-refractivity contribution < 1.29 is 4.92 Å². The minimum Gasteiger partial charge on any atom is -0.333 e. The summed E-state index contributed by atoms with van der Waals surface area (Å²) < 4.78 is 0. The zero-order chi connectivity index (χ0) is 13.9. The Hall–Kier alpha value is -3.02. The molecule has 2 aromatic heterocycles. The van der Waals surface area contributed by atoms with Crippen molar-refractivity contribution in [2.24, 2.45) is 0 Å². The van der Waals surface area contributed by atoms with Gasteiger partial charge in [-0.15, -0.1) is 0 Å². The van der Waals surface area contributed by atoms with Crippen LogP contribution >= 0.6 is 0 Å². The van der Waals surface area contributed by atoms with Crippen LogP contribution in [0, 0.1) is 10.1 Å². The first kappa shape index (κ1) is 12.0. The van der Waals surface area contributed by atoms with E-state index in [1.54, 1.807) is 6.20 Å². The van der Waals surface area contributed by atoms with Crippen molar-refractivity contribution in [2.45, 2.75) is 0 Å². The Balaban J connectivity index is 1.99. The average Bonchev–Trinajstić information content (AvgIpc) is 2.47. The lowest BCUT2D eigenvalue weighted by atomic mass is 10.2. The first-order valence-electron chi connectivity index (χ1n) is 5.95. The highest BCUT2D eigenvalue weighted by molar-refractivity contribution is 5.82. The summed E-state index contributed by atoms with van der Waals surface area (Å²) in [5.74, 6) is 0.203. The standard InChI is InChI=1S/C14H10N4O2/c19-18(20)13-6-3-7-15-14(13)17-11-8-10-4-1-2-5-12(10)16-9-11/h1-9H,(H,15,17). The summed E-state index contributed by atoms with van der Waals surface area (Å²) in [5.41, 5.74) is 1.46. The number of nitrogens with zero attached hydrogens (tertiary/aromatic N) is 3. The summed E-state index contributed by atoms with van der Waals surface area (Å²) in [4.78, 5) is 18.8. The Morgan fingerprint density at radius 1 is 1.10 bits per heavy atom. The van der Waals surface area contributed by atoms with Crippen molar-refractivity contribution in [3.63, 3.8) is 0 Å². The van der Waals surface area contributed by atoms with Gasteiger partial charge in [-0.1, -0.05) is 18.2 Å². The summed E-state index contributed by atoms with van der Waals surface area (Å²) >= 11 is 0. The minimum atomic E-state index is -0.468. The average molecular weight is 266 g/mol. The maximum Gasteiger partial charge on any atom is 0.311 e. The predicted octanol–water partition coefficient (Wildman–Crippen LogP) is 3.28. The molecule has 2 heterocycles. The minimum absolute atomic E-state index is 0.0688. The summed E-state index contributed by atoms with van der Waals surface area (Å²) in [6.07, 6.45) is 3.13. The number of anilines is 2. The molecule has 6 nitrogen and oxygen atoms in total. The highest BCUT2D eigenvalue weighted by Crippen LogP contribution is 2.25. The maximum absolute atomic E-state index is 10.9. The molecule has 3 rings (SSSR count). The lowest BCUT2D eigenvalue weighted by molar-refractivity contribution is -0.384. The van der Waals surface area contributed by atoms with Gasteiger partial charge in [0, 0.05) is 17.6 Å². The lowest BCUT2D eigenvalue weighted by Gasteiger charge is -2.06. The quantitative estimate of drug-likeness (QED) is 0.581. The predicted molar refractivity (Wildman–Crippen MR) is 75.9 cm³/mol. The van der Waals surface area contributed by atoms with Crippen LogP contribution in [-0.2, 0) is 0 Å². The lowest BCUT2D eigenvalue weighted by Crippen LogP contribution is -1.99. The second kappa shape index (κ2) is 4.93. The molecule has 98 valence electrons. The Morgan fingerprint density at radius 3 is 2.80 bits per heavy atom. The number of nitro groups is 1. The van der Waals surface area contributed by atoms with E-state index in [4.69, 9.17) is 0 Å². The van der Waals surface area contributed by atoms with Crippen molar-refractivity contribution >= 4 is 28.1 Å². The van der Waals surface area contributed by atoms with Gasteiger partial charge in [-0.3, -0.25) is 15.1 Å². The molecule has 0 aliphatic rings. The molecule has 0 unspecified atom stereocenters. The molecule has 6 heteroatoms. The molecule has 0 bridgehead atoms. The van der Waals surface area contributed by atoms with Crippen molar-refractivity contribution in [2.75, 3.05) is 5.32 Å². The highest BCUT2D eigenvalue weighted by atomic mass is 16.6. The monoisotopic (exact) mass is 266 g/mol. The fourth-order valence-corrected chi connectivity index (χ4v) is 1.92. The van der Waals surface area contributed by atoms with Crippen LogP contribution in [0.5, 0.6) is 0 Å². The van der Waals surface area contributed by atoms with Crippen LogP contribution in [0.1, 0.15) is 0 Å². The third kappa shape index (κ3) is 2.26. The van der Waals surface area contributed by atoms with E-state index in [9.17, 15) is 10.1 Å². The molecule has 1 N–H and O–H groups in total. The Labute approximate surface area is 114 Å². The third-order valence-electron chi connectivity index (χ3n) is 2.84. The van der Waals surface area contributed by atoms with Gasteiger partial charge in [-0.25, -0.2) is 4.98 Å². The second-order valence-electron chi connectivity index (χ2n) is 4.17. The van der Waals surface area contributed by atoms with Gasteiger partial charge < -0.3 is 5.32 Å². The Bertz CT molecular complexity index is 789. The molecule has 20 heavy (non-hydrogen) atoms. The number of hydrogen-bond donors (Lipinski definition) is 1. The van der Waals surface area contributed by atoms with Crippen molar-refractivity contribution in [3.8, 4) is 0 Å². The number of benzene rings is 1. The van der Waals surface area contributed by atoms with Crippen LogP contribution in [0.25, 0.3) is 10.9 Å². The molecule has 0 radical (unpaired) electrons. The van der Waals surface area contributed by atoms with Gasteiger partial charge in [0.15, 0.2) is 0 Å². The van der Waals surface area contributed by atoms with E-state index in [1.807, 2.05) is 30.3 Å². The van der Waals surface area contributed by atoms with Gasteiger partial charge in [0.05, 0.1) is 22.3 Å². The molecule has 0 saturated heterocycles. The first-order chi connectivity index (χ1) is 9.74. The van der Waals surface area contributed by atoms with Crippen LogP contribution in [0.4, 0.5) is 17.2 Å². The first-order valence-corrected chi connectivity index (χ1v) is 5.95. The van der Waals surface area contributed by atoms with Crippen LogP contribution in [0.3, 0.4) is 0 Å². The molecule has 0 amide bonds. The zero-order valence-corrected chi connectivity index (χ0v) is 10.4. The van der Waals surface area contributed by atoms with Crippen molar-refractivity contribution in [1.82, 2.24) is 9.97 Å². The van der Waals surface area contributed by atoms with E-state index in [0.29, 0.717) is 5.69 Å². The van der Waals surface area contributed by atoms with E-state index < -0.39 is 4.92 Å².